The van der Waals surface area contributed by atoms with Crippen molar-refractivity contribution in [3.05, 3.63) is 95.8 Å². The first kappa shape index (κ1) is 43.9. The quantitative estimate of drug-likeness (QED) is 0.186. The van der Waals surface area contributed by atoms with E-state index in [0.29, 0.717) is 18.5 Å². The minimum Gasteiger partial charge on any atom is -0.394 e. The molecule has 312 valence electrons. The first-order valence-corrected chi connectivity index (χ1v) is 20.3. The first-order chi connectivity index (χ1) is 28.1. The lowest BCUT2D eigenvalue weighted by atomic mass is 9.96. The van der Waals surface area contributed by atoms with Crippen LogP contribution in [0.15, 0.2) is 79.0 Å². The fraction of sp³-hybridized carbons (Fsp3) is 0.488. The van der Waals surface area contributed by atoms with E-state index >= 15 is 0 Å². The molecule has 2 aliphatic rings. The minimum atomic E-state index is -1.50. The molecule has 15 heteroatoms. The zero-order chi connectivity index (χ0) is 41.3. The molecule has 2 aliphatic heterocycles. The molecular weight excluding hydrogens is 743 g/mol. The van der Waals surface area contributed by atoms with Crippen LogP contribution in [0.3, 0.4) is 0 Å². The van der Waals surface area contributed by atoms with Crippen LogP contribution < -0.4 is 21.3 Å². The van der Waals surface area contributed by atoms with Crippen molar-refractivity contribution in [3.8, 4) is 0 Å². The Labute approximate surface area is 339 Å². The average Bonchev–Trinajstić information content (AvgIpc) is 3.69. The topological polar surface area (TPSA) is 217 Å². The number of hydrogen-bond donors (Lipinski definition) is 7. The second-order valence-electron chi connectivity index (χ2n) is 14.9. The van der Waals surface area contributed by atoms with Gasteiger partial charge in [0.05, 0.1) is 18.5 Å². The van der Waals surface area contributed by atoms with Crippen LogP contribution in [0.25, 0.3) is 11.1 Å². The van der Waals surface area contributed by atoms with Crippen molar-refractivity contribution < 1.29 is 39.2 Å². The number of ether oxygens (including phenoxy) is 1. The Bertz CT molecular complexity index is 1850. The van der Waals surface area contributed by atoms with E-state index in [1.165, 1.54) is 17.8 Å². The fourth-order valence-electron chi connectivity index (χ4n) is 7.18. The monoisotopic (exact) mass is 799 g/mol. The average molecular weight is 800 g/mol. The summed E-state index contributed by atoms with van der Waals surface area (Å²) in [7, 11) is 0. The van der Waals surface area contributed by atoms with Gasteiger partial charge in [-0.2, -0.15) is 0 Å². The third-order valence-electron chi connectivity index (χ3n) is 10.4. The van der Waals surface area contributed by atoms with Gasteiger partial charge in [-0.05, 0) is 35.6 Å². The van der Waals surface area contributed by atoms with Crippen molar-refractivity contribution in [2.45, 2.75) is 114 Å². The van der Waals surface area contributed by atoms with Crippen LogP contribution >= 0.6 is 0 Å². The van der Waals surface area contributed by atoms with Crippen LogP contribution in [0.5, 0.6) is 0 Å². The van der Waals surface area contributed by atoms with Crippen molar-refractivity contribution in [2.75, 3.05) is 19.7 Å². The van der Waals surface area contributed by atoms with Gasteiger partial charge >= 0.3 is 0 Å². The van der Waals surface area contributed by atoms with E-state index in [-0.39, 0.29) is 30.1 Å². The van der Waals surface area contributed by atoms with Crippen molar-refractivity contribution in [1.82, 2.24) is 36.3 Å². The third kappa shape index (κ3) is 12.9. The largest absolute Gasteiger partial charge is 0.394 e. The van der Waals surface area contributed by atoms with Crippen molar-refractivity contribution >= 4 is 34.8 Å². The summed E-state index contributed by atoms with van der Waals surface area (Å²) < 4.78 is 7.10. The van der Waals surface area contributed by atoms with Crippen LogP contribution in [-0.2, 0) is 30.3 Å². The molecule has 3 aromatic rings. The molecule has 5 rings (SSSR count). The number of carbonyl (C=O) groups excluding carboxylic acids is 4. The van der Waals surface area contributed by atoms with Gasteiger partial charge in [0.15, 0.2) is 6.23 Å². The van der Waals surface area contributed by atoms with Gasteiger partial charge < -0.3 is 41.3 Å². The number of nitrogens with zero attached hydrogens (tertiary/aromatic N) is 3. The Morgan fingerprint density at radius 1 is 0.845 bits per heavy atom. The zero-order valence-electron chi connectivity index (χ0n) is 33.1. The molecule has 0 spiro atoms. The standard InChI is InChI=1S/C43H57N7O8/c1-29(52)46-38-40(55)39(54)36(28-51)58-43(38)50-27-33(48-49-50)25-35-42(57)44-24-16-8-6-4-2-3-5-7-15-21-37(53)45-26-32(30-17-11-9-12-18-30)22-23-34(41(56)47-35)31-19-13-10-14-20-31/h9-14,17-20,22-23,27,35-36,38-40,43,51,54-55H,2-8,15-16,21,24-26,28H2,1H3,(H,44,57)(H,45,53)(H,46,52)(H,47,56)/b32-22+,34-23-/t35-,36+,38+,39+,40+,43+/m0/s1. The zero-order valence-corrected chi connectivity index (χ0v) is 33.1. The number of aliphatic hydroxyl groups is 3. The van der Waals surface area contributed by atoms with Gasteiger partial charge in [-0.15, -0.1) is 5.10 Å². The third-order valence-corrected chi connectivity index (χ3v) is 10.4. The van der Waals surface area contributed by atoms with E-state index in [4.69, 9.17) is 4.74 Å². The van der Waals surface area contributed by atoms with Gasteiger partial charge in [-0.1, -0.05) is 117 Å². The molecule has 0 radical (unpaired) electrons. The highest BCUT2D eigenvalue weighted by Gasteiger charge is 2.46. The molecule has 0 aliphatic carbocycles. The predicted molar refractivity (Wildman–Crippen MR) is 217 cm³/mol. The summed E-state index contributed by atoms with van der Waals surface area (Å²) in [6.45, 7) is 1.32. The molecule has 0 bridgehead atoms. The second-order valence-corrected chi connectivity index (χ2v) is 14.9. The van der Waals surface area contributed by atoms with Crippen molar-refractivity contribution in [2.24, 2.45) is 0 Å². The normalized spacial score (nSPS) is 27.1. The highest BCUT2D eigenvalue weighted by atomic mass is 16.5. The van der Waals surface area contributed by atoms with E-state index in [2.05, 4.69) is 31.6 Å². The van der Waals surface area contributed by atoms with Crippen LogP contribution in [0, 0.1) is 0 Å². The summed E-state index contributed by atoms with van der Waals surface area (Å²) in [5.41, 5.74) is 2.87. The molecule has 1 saturated heterocycles. The SMILES string of the molecule is CC(=O)N[C@@H]1[C@@H](O)[C@H](O)[C@@H](CO)O[C@H]1n1cc(C[C@@H]2NC(=O)/C(c3ccccc3)=C\C=C(\c3ccccc3)CNC(=O)CCCCCCCCCCCNC2=O)nn1. The Hall–Kier alpha value is -5.22. The maximum atomic E-state index is 14.3. The maximum Gasteiger partial charge on any atom is 0.252 e. The number of aliphatic hydroxyl groups excluding tert-OH is 3. The van der Waals surface area contributed by atoms with E-state index < -0.39 is 61.0 Å². The van der Waals surface area contributed by atoms with Crippen LogP contribution in [0.2, 0.25) is 0 Å². The van der Waals surface area contributed by atoms with Crippen molar-refractivity contribution in [3.63, 3.8) is 0 Å². The Balaban J connectivity index is 1.45. The Morgan fingerprint density at radius 2 is 1.48 bits per heavy atom. The summed E-state index contributed by atoms with van der Waals surface area (Å²) >= 11 is 0. The van der Waals surface area contributed by atoms with Gasteiger partial charge in [0, 0.05) is 38.4 Å². The predicted octanol–water partition coefficient (Wildman–Crippen LogP) is 2.74. The molecule has 1 fully saturated rings. The van der Waals surface area contributed by atoms with E-state index in [9.17, 15) is 34.5 Å². The number of aromatic nitrogens is 3. The van der Waals surface area contributed by atoms with E-state index in [0.717, 1.165) is 68.9 Å². The number of rotatable bonds is 7. The fourth-order valence-corrected chi connectivity index (χ4v) is 7.18. The molecule has 0 unspecified atom stereocenters. The summed E-state index contributed by atoms with van der Waals surface area (Å²) in [6, 6.07) is 16.5. The molecule has 7 N–H and O–H groups in total. The molecule has 58 heavy (non-hydrogen) atoms. The maximum absolute atomic E-state index is 14.3. The number of hydrogen-bond acceptors (Lipinski definition) is 10. The van der Waals surface area contributed by atoms with Gasteiger partial charge in [-0.3, -0.25) is 19.2 Å². The molecule has 3 heterocycles. The Morgan fingerprint density at radius 3 is 2.14 bits per heavy atom. The lowest BCUT2D eigenvalue weighted by Crippen LogP contribution is -2.62. The van der Waals surface area contributed by atoms with Gasteiger partial charge in [0.1, 0.15) is 30.4 Å². The minimum absolute atomic E-state index is 0.0290. The van der Waals surface area contributed by atoms with Gasteiger partial charge in [-0.25, -0.2) is 4.68 Å². The van der Waals surface area contributed by atoms with Crippen LogP contribution in [0.4, 0.5) is 0 Å². The molecule has 15 nitrogen and oxygen atoms in total. The van der Waals surface area contributed by atoms with Gasteiger partial charge in [0.25, 0.3) is 5.91 Å². The summed E-state index contributed by atoms with van der Waals surface area (Å²) in [6.07, 6.45) is 9.01. The highest BCUT2D eigenvalue weighted by molar-refractivity contribution is 6.20. The number of benzene rings is 2. The lowest BCUT2D eigenvalue weighted by Gasteiger charge is -2.42. The molecule has 2 aromatic carbocycles. The summed E-state index contributed by atoms with van der Waals surface area (Å²) in [5, 5.41) is 51.1. The smallest absolute Gasteiger partial charge is 0.252 e. The number of allylic oxidation sites excluding steroid dienone is 2. The molecule has 6 atom stereocenters. The summed E-state index contributed by atoms with van der Waals surface area (Å²) in [5.74, 6) is -1.46. The molecular formula is C43H57N7O8. The van der Waals surface area contributed by atoms with E-state index in [1.807, 2.05) is 54.6 Å². The first-order valence-electron chi connectivity index (χ1n) is 20.3. The molecule has 4 amide bonds. The number of carbonyl (C=O) groups is 4. The van der Waals surface area contributed by atoms with Crippen molar-refractivity contribution in [1.29, 1.82) is 0 Å². The Kier molecular flexibility index (Phi) is 17.1. The second kappa shape index (κ2) is 22.6. The lowest BCUT2D eigenvalue weighted by molar-refractivity contribution is -0.219. The molecule has 0 saturated carbocycles. The van der Waals surface area contributed by atoms with Gasteiger partial charge in [0.2, 0.25) is 17.7 Å². The molecule has 1 aromatic heterocycles. The number of amides is 4. The highest BCUT2D eigenvalue weighted by Crippen LogP contribution is 2.28. The summed E-state index contributed by atoms with van der Waals surface area (Å²) in [4.78, 5) is 53.1. The number of nitrogens with one attached hydrogen (secondary N) is 4. The van der Waals surface area contributed by atoms with Crippen LogP contribution in [-0.4, -0.2) is 104 Å². The van der Waals surface area contributed by atoms with Crippen LogP contribution in [0.1, 0.15) is 94.2 Å². The van der Waals surface area contributed by atoms with E-state index in [1.54, 1.807) is 18.2 Å².